The number of hydrogen-bond donors (Lipinski definition) is 1. The van der Waals surface area contributed by atoms with E-state index in [-0.39, 0.29) is 17.4 Å². The molecule has 1 heterocycles. The van der Waals surface area contributed by atoms with Gasteiger partial charge < -0.3 is 14.8 Å². The maximum absolute atomic E-state index is 12.6. The summed E-state index contributed by atoms with van der Waals surface area (Å²) in [5, 5.41) is 12.1. The number of Topliss-reactive ketones (excluding diaryl/α,β-unsaturated/α-hetero) is 1. The minimum atomic E-state index is -0.0552. The number of nitrogens with one attached hydrogen (secondary N) is 1. The first-order valence-corrected chi connectivity index (χ1v) is 11.8. The van der Waals surface area contributed by atoms with Gasteiger partial charge in [-0.3, -0.25) is 9.59 Å². The third-order valence-corrected chi connectivity index (χ3v) is 6.25. The first-order chi connectivity index (χ1) is 15.5. The number of amides is 1. The van der Waals surface area contributed by atoms with Crippen LogP contribution in [-0.4, -0.2) is 45.3 Å². The lowest BCUT2D eigenvalue weighted by Gasteiger charge is -2.21. The number of carbonyl (C=O) groups is 2. The maximum atomic E-state index is 12.6. The van der Waals surface area contributed by atoms with E-state index in [0.29, 0.717) is 22.8 Å². The molecule has 3 rings (SSSR count). The van der Waals surface area contributed by atoms with Crippen molar-refractivity contribution in [2.24, 2.45) is 7.05 Å². The second-order valence-corrected chi connectivity index (χ2v) is 8.22. The first-order valence-electron chi connectivity index (χ1n) is 10.8. The second kappa shape index (κ2) is 10.9. The average molecular weight is 452 g/mol. The quantitative estimate of drug-likeness (QED) is 0.357. The standard InChI is InChI=1S/C24H29N5O2S/c1-5-22(31)25-19-12-8-17(9-13-19)21(30)16-32-24-27-26-23(28(24)4)18-10-14-20(15-11-18)29(6-2)7-3/h8-15H,5-7,16H2,1-4H3,(H,25,31). The van der Waals surface area contributed by atoms with Crippen LogP contribution in [0.4, 0.5) is 11.4 Å². The van der Waals surface area contributed by atoms with Crippen LogP contribution in [0.3, 0.4) is 0 Å². The van der Waals surface area contributed by atoms with Gasteiger partial charge >= 0.3 is 0 Å². The van der Waals surface area contributed by atoms with E-state index in [1.165, 1.54) is 17.4 Å². The Morgan fingerprint density at radius 3 is 2.22 bits per heavy atom. The molecule has 0 aliphatic rings. The minimum Gasteiger partial charge on any atom is -0.372 e. The predicted octanol–water partition coefficient (Wildman–Crippen LogP) is 4.65. The van der Waals surface area contributed by atoms with Gasteiger partial charge in [-0.1, -0.05) is 18.7 Å². The van der Waals surface area contributed by atoms with Crippen LogP contribution in [0, 0.1) is 0 Å². The molecule has 0 aliphatic heterocycles. The van der Waals surface area contributed by atoms with E-state index in [4.69, 9.17) is 0 Å². The van der Waals surface area contributed by atoms with Gasteiger partial charge in [-0.15, -0.1) is 10.2 Å². The van der Waals surface area contributed by atoms with Crippen molar-refractivity contribution in [3.63, 3.8) is 0 Å². The summed E-state index contributed by atoms with van der Waals surface area (Å²) in [5.74, 6) is 0.965. The minimum absolute atomic E-state index is 0.00325. The molecule has 8 heteroatoms. The summed E-state index contributed by atoms with van der Waals surface area (Å²) >= 11 is 1.36. The van der Waals surface area contributed by atoms with Crippen LogP contribution >= 0.6 is 11.8 Å². The summed E-state index contributed by atoms with van der Waals surface area (Å²) in [6.45, 7) is 8.01. The Morgan fingerprint density at radius 2 is 1.62 bits per heavy atom. The molecule has 1 amide bonds. The summed E-state index contributed by atoms with van der Waals surface area (Å²) in [6.07, 6.45) is 0.414. The Bertz CT molecular complexity index is 1060. The molecule has 0 radical (unpaired) electrons. The number of rotatable bonds is 10. The molecule has 0 atom stereocenters. The number of nitrogens with zero attached hydrogens (tertiary/aromatic N) is 4. The topological polar surface area (TPSA) is 80.1 Å². The normalized spacial score (nSPS) is 10.8. The van der Waals surface area contributed by atoms with E-state index in [1.807, 2.05) is 11.6 Å². The molecule has 0 aliphatic carbocycles. The lowest BCUT2D eigenvalue weighted by molar-refractivity contribution is -0.115. The van der Waals surface area contributed by atoms with Crippen molar-refractivity contribution in [1.29, 1.82) is 0 Å². The van der Waals surface area contributed by atoms with Crippen LogP contribution in [0.25, 0.3) is 11.4 Å². The van der Waals surface area contributed by atoms with Crippen LogP contribution in [0.5, 0.6) is 0 Å². The Balaban J connectivity index is 1.63. The van der Waals surface area contributed by atoms with Crippen molar-refractivity contribution in [2.45, 2.75) is 32.3 Å². The molecule has 0 saturated heterocycles. The molecule has 3 aromatic rings. The van der Waals surface area contributed by atoms with Gasteiger partial charge in [0.15, 0.2) is 16.8 Å². The zero-order valence-corrected chi connectivity index (χ0v) is 19.8. The molecular weight excluding hydrogens is 422 g/mol. The van der Waals surface area contributed by atoms with Gasteiger partial charge in [-0.25, -0.2) is 0 Å². The lowest BCUT2D eigenvalue weighted by Crippen LogP contribution is -2.21. The third kappa shape index (κ3) is 5.56. The number of anilines is 2. The molecule has 1 N–H and O–H groups in total. The summed E-state index contributed by atoms with van der Waals surface area (Å²) in [5.41, 5.74) is 3.45. The highest BCUT2D eigenvalue weighted by atomic mass is 32.2. The Hall–Kier alpha value is -3.13. The molecular formula is C24H29N5O2S. The average Bonchev–Trinajstić information content (AvgIpc) is 3.19. The van der Waals surface area contributed by atoms with Crippen molar-refractivity contribution in [2.75, 3.05) is 29.1 Å². The van der Waals surface area contributed by atoms with Gasteiger partial charge in [0, 0.05) is 49.1 Å². The number of hydrogen-bond acceptors (Lipinski definition) is 6. The van der Waals surface area contributed by atoms with E-state index in [0.717, 1.165) is 24.5 Å². The van der Waals surface area contributed by atoms with Crippen LogP contribution in [0.15, 0.2) is 53.7 Å². The summed E-state index contributed by atoms with van der Waals surface area (Å²) in [7, 11) is 1.91. The fourth-order valence-corrected chi connectivity index (χ4v) is 4.11. The Kier molecular flexibility index (Phi) is 8.05. The van der Waals surface area contributed by atoms with Crippen molar-refractivity contribution >= 4 is 34.8 Å². The van der Waals surface area contributed by atoms with Crippen molar-refractivity contribution < 1.29 is 9.59 Å². The molecule has 0 spiro atoms. The van der Waals surface area contributed by atoms with E-state index < -0.39 is 0 Å². The zero-order chi connectivity index (χ0) is 23.1. The van der Waals surface area contributed by atoms with Crippen LogP contribution < -0.4 is 10.2 Å². The lowest BCUT2D eigenvalue weighted by atomic mass is 10.1. The van der Waals surface area contributed by atoms with Crippen molar-refractivity contribution in [1.82, 2.24) is 14.8 Å². The van der Waals surface area contributed by atoms with E-state index in [9.17, 15) is 9.59 Å². The van der Waals surface area contributed by atoms with Gasteiger partial charge in [0.05, 0.1) is 5.75 Å². The van der Waals surface area contributed by atoms with Crippen LogP contribution in [-0.2, 0) is 11.8 Å². The summed E-state index contributed by atoms with van der Waals surface area (Å²) in [4.78, 5) is 26.3. The van der Waals surface area contributed by atoms with Crippen molar-refractivity contribution in [3.8, 4) is 11.4 Å². The van der Waals surface area contributed by atoms with Gasteiger partial charge in [-0.2, -0.15) is 0 Å². The smallest absolute Gasteiger partial charge is 0.224 e. The maximum Gasteiger partial charge on any atom is 0.224 e. The molecule has 32 heavy (non-hydrogen) atoms. The molecule has 0 bridgehead atoms. The van der Waals surface area contributed by atoms with Gasteiger partial charge in [0.2, 0.25) is 5.91 Å². The van der Waals surface area contributed by atoms with Crippen LogP contribution in [0.2, 0.25) is 0 Å². The number of carbonyl (C=O) groups excluding carboxylic acids is 2. The Morgan fingerprint density at radius 1 is 0.969 bits per heavy atom. The summed E-state index contributed by atoms with van der Waals surface area (Å²) < 4.78 is 1.91. The predicted molar refractivity (Wildman–Crippen MR) is 130 cm³/mol. The molecule has 168 valence electrons. The highest BCUT2D eigenvalue weighted by Crippen LogP contribution is 2.25. The van der Waals surface area contributed by atoms with E-state index >= 15 is 0 Å². The molecule has 2 aromatic carbocycles. The molecule has 7 nitrogen and oxygen atoms in total. The van der Waals surface area contributed by atoms with Gasteiger partial charge in [0.1, 0.15) is 0 Å². The molecule has 0 fully saturated rings. The number of aromatic nitrogens is 3. The van der Waals surface area contributed by atoms with Gasteiger partial charge in [-0.05, 0) is 62.4 Å². The van der Waals surface area contributed by atoms with E-state index in [1.54, 1.807) is 31.2 Å². The number of benzene rings is 2. The SMILES string of the molecule is CCC(=O)Nc1ccc(C(=O)CSc2nnc(-c3ccc(N(CC)CC)cc3)n2C)cc1. The monoisotopic (exact) mass is 451 g/mol. The van der Waals surface area contributed by atoms with Crippen LogP contribution in [0.1, 0.15) is 37.6 Å². The highest BCUT2D eigenvalue weighted by Gasteiger charge is 2.14. The summed E-state index contributed by atoms with van der Waals surface area (Å²) in [6, 6.07) is 15.2. The molecule has 0 unspecified atom stereocenters. The fourth-order valence-electron chi connectivity index (χ4n) is 3.30. The largest absolute Gasteiger partial charge is 0.372 e. The number of ketones is 1. The highest BCUT2D eigenvalue weighted by molar-refractivity contribution is 7.99. The number of thioether (sulfide) groups is 1. The van der Waals surface area contributed by atoms with Gasteiger partial charge in [0.25, 0.3) is 0 Å². The zero-order valence-electron chi connectivity index (χ0n) is 19.0. The molecule has 1 aromatic heterocycles. The first kappa shape index (κ1) is 23.5. The Labute approximate surface area is 193 Å². The second-order valence-electron chi connectivity index (χ2n) is 7.28. The fraction of sp³-hybridized carbons (Fsp3) is 0.333. The third-order valence-electron chi connectivity index (χ3n) is 5.23. The molecule has 0 saturated carbocycles. The van der Waals surface area contributed by atoms with Crippen molar-refractivity contribution in [3.05, 3.63) is 54.1 Å². The van der Waals surface area contributed by atoms with E-state index in [2.05, 4.69) is 58.5 Å².